The Balaban J connectivity index is -0.0000000500. The van der Waals surface area contributed by atoms with Gasteiger partial charge < -0.3 is 26.8 Å². The van der Waals surface area contributed by atoms with Gasteiger partial charge in [-0.3, -0.25) is 9.59 Å². The number of nitrogens with two attached hydrogens (primary N) is 2. The van der Waals surface area contributed by atoms with Crippen molar-refractivity contribution in [2.45, 2.75) is 54.6 Å². The van der Waals surface area contributed by atoms with Crippen molar-refractivity contribution in [3.8, 4) is 0 Å². The van der Waals surface area contributed by atoms with E-state index in [9.17, 15) is 9.59 Å². The smallest absolute Gasteiger partial charge is 0.481 e. The lowest BCUT2D eigenvalue weighted by Gasteiger charge is -2.11. The highest BCUT2D eigenvalue weighted by Crippen LogP contribution is 2.02. The molecule has 0 saturated heterocycles. The van der Waals surface area contributed by atoms with E-state index in [2.05, 4.69) is 11.3 Å². The summed E-state index contributed by atoms with van der Waals surface area (Å²) in [7, 11) is 0. The molecule has 7 heteroatoms. The van der Waals surface area contributed by atoms with Crippen LogP contribution in [0, 0.1) is 11.8 Å². The molecule has 4 unspecified atom stereocenters. The van der Waals surface area contributed by atoms with Crippen LogP contribution in [0.2, 0.25) is 0 Å². The van der Waals surface area contributed by atoms with Crippen LogP contribution in [0.4, 0.5) is 0 Å². The van der Waals surface area contributed by atoms with Crippen molar-refractivity contribution in [1.82, 2.24) is 0 Å². The van der Waals surface area contributed by atoms with Gasteiger partial charge in [-0.15, -0.1) is 0 Å². The van der Waals surface area contributed by atoms with Crippen LogP contribution < -0.4 is 11.5 Å². The maximum absolute atomic E-state index is 10.8. The third-order valence-corrected chi connectivity index (χ3v) is 2.54. The van der Waals surface area contributed by atoms with E-state index < -0.39 is 11.9 Å². The number of carbonyl (C=O) groups excluding carboxylic acids is 1. The second-order valence-electron chi connectivity index (χ2n) is 4.24. The first-order chi connectivity index (χ1) is 8.14. The van der Waals surface area contributed by atoms with Crippen LogP contribution in [0.3, 0.4) is 0 Å². The van der Waals surface area contributed by atoms with Gasteiger partial charge in [-0.05, 0) is 13.8 Å². The highest BCUT2D eigenvalue weighted by Gasteiger charge is 2.17. The fourth-order valence-electron chi connectivity index (χ4n) is 0.629. The molecule has 0 heterocycles. The first-order valence-electron chi connectivity index (χ1n) is 5.70. The molecule has 7 nitrogen and oxygen atoms in total. The minimum Gasteiger partial charge on any atom is -0.481 e. The van der Waals surface area contributed by atoms with Crippen LogP contribution in [0.25, 0.3) is 0 Å². The van der Waals surface area contributed by atoms with Crippen molar-refractivity contribution in [1.29, 1.82) is 0 Å². The molecule has 4 atom stereocenters. The lowest BCUT2D eigenvalue weighted by Crippen LogP contribution is -2.31. The Morgan fingerprint density at radius 3 is 1.57 bits per heavy atom. The Morgan fingerprint density at radius 1 is 1.10 bits per heavy atom. The van der Waals surface area contributed by atoms with E-state index in [1.807, 2.05) is 0 Å². The molecule has 0 aromatic heterocycles. The van der Waals surface area contributed by atoms with Gasteiger partial charge in [0.25, 0.3) is 0 Å². The zero-order valence-corrected chi connectivity index (χ0v) is 11.9. The van der Waals surface area contributed by atoms with Crippen molar-refractivity contribution in [2.24, 2.45) is 23.3 Å². The largest absolute Gasteiger partial charge is 1.00 e. The van der Waals surface area contributed by atoms with Crippen LogP contribution in [-0.2, 0) is 14.3 Å². The van der Waals surface area contributed by atoms with Gasteiger partial charge in [-0.25, -0.2) is 0 Å². The number of hydrogen-bond donors (Lipinski definition) is 3. The summed E-state index contributed by atoms with van der Waals surface area (Å²) in [4.78, 5) is 20.9. The standard InChI is InChI=1S/C7H13NO2.C5H11NO2.2CH4.H2O/c1-4-10-7(9)5(2)6(3)8;1-3(4(2)6)5(7)8;;;/h4-6H,1,8H2,2-3H3;3-4H,6H2,1-2H3,(H,7,8);2*1H4;1H2/p+1. The third-order valence-electron chi connectivity index (χ3n) is 2.54. The van der Waals surface area contributed by atoms with E-state index >= 15 is 0 Å². The summed E-state index contributed by atoms with van der Waals surface area (Å²) >= 11 is 0. The Bertz CT molecular complexity index is 286. The number of carboxylic acids is 1. The Kier molecular flexibility index (Phi) is 25.1. The highest BCUT2D eigenvalue weighted by molar-refractivity contribution is 5.73. The topological polar surface area (TPSA) is 147 Å². The van der Waals surface area contributed by atoms with Crippen molar-refractivity contribution in [3.05, 3.63) is 12.8 Å². The Morgan fingerprint density at radius 2 is 1.43 bits per heavy atom. The number of hydrogen-bond acceptors (Lipinski definition) is 5. The van der Waals surface area contributed by atoms with E-state index in [-0.39, 0.29) is 45.7 Å². The van der Waals surface area contributed by atoms with Crippen molar-refractivity contribution >= 4 is 11.9 Å². The highest BCUT2D eigenvalue weighted by atomic mass is 16.5. The molecule has 21 heavy (non-hydrogen) atoms. The quantitative estimate of drug-likeness (QED) is 0.514. The Labute approximate surface area is 130 Å². The molecule has 0 aromatic carbocycles. The lowest BCUT2D eigenvalue weighted by atomic mass is 10.1. The fraction of sp³-hybridized carbons (Fsp3) is 0.714. The molecule has 0 rings (SSSR count). The number of rotatable bonds is 5. The van der Waals surface area contributed by atoms with Gasteiger partial charge in [0.15, 0.2) is 0 Å². The minimum absolute atomic E-state index is 0. The lowest BCUT2D eigenvalue weighted by molar-refractivity contribution is -0.143. The molecule has 0 amide bonds. The van der Waals surface area contributed by atoms with E-state index in [0.29, 0.717) is 0 Å². The molecule has 0 aromatic rings. The van der Waals surface area contributed by atoms with Gasteiger partial charge in [0.05, 0.1) is 18.1 Å². The van der Waals surface area contributed by atoms with E-state index in [0.717, 1.165) is 6.26 Å². The molecule has 0 saturated carbocycles. The van der Waals surface area contributed by atoms with Crippen LogP contribution >= 0.6 is 0 Å². The average molecular weight is 311 g/mol. The number of carboxylic acid groups (broad SMARTS) is 1. The van der Waals surface area contributed by atoms with Crippen molar-refractivity contribution < 1.29 is 26.3 Å². The summed E-state index contributed by atoms with van der Waals surface area (Å²) in [5, 5.41) is 8.27. The summed E-state index contributed by atoms with van der Waals surface area (Å²) < 4.78 is 4.51. The van der Waals surface area contributed by atoms with Gasteiger partial charge in [-0.2, -0.15) is 0 Å². The number of carbonyl (C=O) groups is 2. The number of esters is 1. The summed E-state index contributed by atoms with van der Waals surface area (Å²) in [5.41, 5.74) is 10.7. The van der Waals surface area contributed by atoms with Crippen LogP contribution in [0.5, 0.6) is 0 Å². The van der Waals surface area contributed by atoms with Crippen LogP contribution in [-0.4, -0.2) is 34.6 Å². The Hall–Kier alpha value is -1.44. The number of ether oxygens (including phenoxy) is 1. The van der Waals surface area contributed by atoms with Crippen molar-refractivity contribution in [2.75, 3.05) is 0 Å². The zero-order chi connectivity index (χ0) is 14.9. The fourth-order valence-corrected chi connectivity index (χ4v) is 0.629. The first-order valence-corrected chi connectivity index (χ1v) is 5.70. The van der Waals surface area contributed by atoms with E-state index in [4.69, 9.17) is 16.6 Å². The molecule has 7 N–H and O–H groups in total. The predicted octanol–water partition coefficient (Wildman–Crippen LogP) is 1.27. The summed E-state index contributed by atoms with van der Waals surface area (Å²) in [5.74, 6) is -1.86. The van der Waals surface area contributed by atoms with E-state index in [1.54, 1.807) is 27.7 Å². The predicted molar refractivity (Wildman–Crippen MR) is 87.7 cm³/mol. The van der Waals surface area contributed by atoms with Gasteiger partial charge in [0, 0.05) is 12.1 Å². The van der Waals surface area contributed by atoms with E-state index in [1.165, 1.54) is 0 Å². The van der Waals surface area contributed by atoms with Gasteiger partial charge in [-0.1, -0.05) is 35.3 Å². The van der Waals surface area contributed by atoms with Crippen molar-refractivity contribution in [3.63, 3.8) is 0 Å². The molecular weight excluding hydrogens is 276 g/mol. The minimum atomic E-state index is -0.833. The average Bonchev–Trinajstić information content (AvgIpc) is 2.27. The van der Waals surface area contributed by atoms with Gasteiger partial charge in [0.1, 0.15) is 0 Å². The third kappa shape index (κ3) is 16.5. The number of aliphatic carboxylic acids is 1. The van der Waals surface area contributed by atoms with Crippen LogP contribution in [0.15, 0.2) is 12.8 Å². The normalized spacial score (nSPS) is 14.0. The molecular formula is C14H35N2O5+. The molecule has 0 fully saturated rings. The molecule has 0 bridgehead atoms. The molecule has 0 aliphatic heterocycles. The van der Waals surface area contributed by atoms with Gasteiger partial charge in [0.2, 0.25) is 0 Å². The molecule has 0 radical (unpaired) electrons. The maximum atomic E-state index is 10.8. The summed E-state index contributed by atoms with van der Waals surface area (Å²) in [6.45, 7) is 10.0. The summed E-state index contributed by atoms with van der Waals surface area (Å²) in [6, 6.07) is -0.431. The molecule has 0 spiro atoms. The summed E-state index contributed by atoms with van der Waals surface area (Å²) in [6.07, 6.45) is 1.11. The SMILES string of the molecule is C.C.C=COC(=O)C(C)C(C)N.CC(N)C(C)C(=O)O.O.[H+]. The van der Waals surface area contributed by atoms with Crippen LogP contribution in [0.1, 0.15) is 44.0 Å². The molecule has 0 aliphatic carbocycles. The monoisotopic (exact) mass is 311 g/mol. The zero-order valence-electron chi connectivity index (χ0n) is 12.9. The van der Waals surface area contributed by atoms with Gasteiger partial charge >= 0.3 is 13.4 Å². The second kappa shape index (κ2) is 16.6. The molecule has 130 valence electrons. The first kappa shape index (κ1) is 31.8. The molecule has 0 aliphatic rings. The maximum Gasteiger partial charge on any atom is 1.00 e. The second-order valence-corrected chi connectivity index (χ2v) is 4.24.